The number of carbonyl (C=O) groups is 2. The Morgan fingerprint density at radius 2 is 1.96 bits per heavy atom. The third-order valence-electron chi connectivity index (χ3n) is 6.02. The quantitative estimate of drug-likeness (QED) is 0.887. The van der Waals surface area contributed by atoms with Crippen LogP contribution >= 0.6 is 0 Å². The number of rotatable bonds is 2. The molecule has 0 aromatic heterocycles. The normalized spacial score (nSPS) is 28.2. The second-order valence-corrected chi connectivity index (χ2v) is 7.49. The Balaban J connectivity index is 1.91. The molecule has 5 nitrogen and oxygen atoms in total. The van der Waals surface area contributed by atoms with E-state index in [1.807, 2.05) is 29.2 Å². The van der Waals surface area contributed by atoms with Gasteiger partial charge in [-0.2, -0.15) is 0 Å². The average Bonchev–Trinajstić information content (AvgIpc) is 2.92. The van der Waals surface area contributed by atoms with Crippen LogP contribution in [-0.2, 0) is 9.59 Å². The highest BCUT2D eigenvalue weighted by Gasteiger charge is 2.45. The first-order valence-corrected chi connectivity index (χ1v) is 9.56. The molecular weight excluding hydrogens is 328 g/mol. The van der Waals surface area contributed by atoms with Crippen LogP contribution in [0, 0.1) is 0 Å². The molecule has 1 aliphatic heterocycles. The summed E-state index contributed by atoms with van der Waals surface area (Å²) in [7, 11) is 1.64. The Labute approximate surface area is 154 Å². The Morgan fingerprint density at radius 1 is 1.19 bits per heavy atom. The smallest absolute Gasteiger partial charge is 0.220 e. The molecule has 0 bridgehead atoms. The summed E-state index contributed by atoms with van der Waals surface area (Å²) in [6.45, 7) is 1.62. The van der Waals surface area contributed by atoms with Gasteiger partial charge in [0.25, 0.3) is 0 Å². The van der Waals surface area contributed by atoms with Crippen molar-refractivity contribution >= 4 is 11.7 Å². The molecule has 1 aromatic carbocycles. The molecule has 1 heterocycles. The molecule has 4 rings (SSSR count). The number of Topliss-reactive ketones (excluding diaryl/α,β-unsaturated/α-hetero) is 1. The maximum absolute atomic E-state index is 12.8. The van der Waals surface area contributed by atoms with Crippen molar-refractivity contribution in [2.75, 3.05) is 7.11 Å². The molecule has 138 valence electrons. The fourth-order valence-electron chi connectivity index (χ4n) is 4.92. The van der Waals surface area contributed by atoms with Crippen LogP contribution in [0.1, 0.15) is 57.1 Å². The summed E-state index contributed by atoms with van der Waals surface area (Å²) < 4.78 is 5.59. The molecule has 3 atom stereocenters. The van der Waals surface area contributed by atoms with Gasteiger partial charge in [-0.1, -0.05) is 31.0 Å². The minimum absolute atomic E-state index is 0.0213. The molecule has 1 N–H and O–H groups in total. The standard InChI is InChI=1S/C21H26N2O3/c1-13(24)23-17-9-5-4-8-15(17)22-16-11-12-18(25)20(16)21(23)14-7-3-6-10-19(14)26-2/h3,6-7,10,15,17,21-22H,4-5,8-9,11-12H2,1-2H3/t15-,17-,21-/m1/s1. The average molecular weight is 354 g/mol. The number of para-hydroxylation sites is 1. The zero-order valence-electron chi connectivity index (χ0n) is 15.5. The van der Waals surface area contributed by atoms with Gasteiger partial charge in [0.15, 0.2) is 5.78 Å². The third kappa shape index (κ3) is 2.70. The number of methoxy groups -OCH3 is 1. The molecule has 5 heteroatoms. The van der Waals surface area contributed by atoms with Crippen LogP contribution in [0.15, 0.2) is 35.5 Å². The predicted octanol–water partition coefficient (Wildman–Crippen LogP) is 3.12. The largest absolute Gasteiger partial charge is 0.496 e. The lowest BCUT2D eigenvalue weighted by Gasteiger charge is -2.42. The van der Waals surface area contributed by atoms with Gasteiger partial charge in [-0.15, -0.1) is 0 Å². The predicted molar refractivity (Wildman–Crippen MR) is 98.7 cm³/mol. The first-order chi connectivity index (χ1) is 12.6. The van der Waals surface area contributed by atoms with Crippen LogP contribution in [0.2, 0.25) is 0 Å². The minimum Gasteiger partial charge on any atom is -0.496 e. The maximum Gasteiger partial charge on any atom is 0.220 e. The van der Waals surface area contributed by atoms with E-state index in [1.165, 1.54) is 0 Å². The van der Waals surface area contributed by atoms with Crippen LogP contribution in [-0.4, -0.2) is 35.8 Å². The molecule has 26 heavy (non-hydrogen) atoms. The Morgan fingerprint density at radius 3 is 2.73 bits per heavy atom. The lowest BCUT2D eigenvalue weighted by molar-refractivity contribution is -0.134. The molecular formula is C21H26N2O3. The van der Waals surface area contributed by atoms with Gasteiger partial charge in [0.05, 0.1) is 19.2 Å². The highest BCUT2D eigenvalue weighted by molar-refractivity contribution is 6.01. The van der Waals surface area contributed by atoms with Crippen molar-refractivity contribution in [1.82, 2.24) is 10.2 Å². The maximum atomic E-state index is 12.8. The van der Waals surface area contributed by atoms with Gasteiger partial charge in [-0.25, -0.2) is 0 Å². The van der Waals surface area contributed by atoms with Gasteiger partial charge in [-0.3, -0.25) is 9.59 Å². The number of ketones is 1. The molecule has 0 spiro atoms. The lowest BCUT2D eigenvalue weighted by atomic mass is 9.86. The molecule has 1 fully saturated rings. The van der Waals surface area contributed by atoms with Gasteiger partial charge in [0, 0.05) is 36.2 Å². The highest BCUT2D eigenvalue weighted by Crippen LogP contribution is 2.45. The molecule has 0 saturated heterocycles. The van der Waals surface area contributed by atoms with Crippen LogP contribution < -0.4 is 10.1 Å². The van der Waals surface area contributed by atoms with E-state index in [1.54, 1.807) is 14.0 Å². The Kier molecular flexibility index (Phi) is 4.47. The molecule has 1 amide bonds. The molecule has 2 aliphatic carbocycles. The molecule has 0 unspecified atom stereocenters. The second-order valence-electron chi connectivity index (χ2n) is 7.49. The minimum atomic E-state index is -0.366. The van der Waals surface area contributed by atoms with Crippen molar-refractivity contribution in [2.45, 2.75) is 63.6 Å². The van der Waals surface area contributed by atoms with Crippen molar-refractivity contribution in [2.24, 2.45) is 0 Å². The van der Waals surface area contributed by atoms with Gasteiger partial charge < -0.3 is 15.0 Å². The first kappa shape index (κ1) is 17.1. The van der Waals surface area contributed by atoms with Gasteiger partial charge in [0.2, 0.25) is 5.91 Å². The topological polar surface area (TPSA) is 58.6 Å². The van der Waals surface area contributed by atoms with E-state index in [9.17, 15) is 9.59 Å². The fraction of sp³-hybridized carbons (Fsp3) is 0.524. The Hall–Kier alpha value is -2.30. The SMILES string of the molecule is COc1ccccc1[C@@H]1C2=C(CCC2=O)N[C@@H]2CCCC[C@H]2N1C(C)=O. The second kappa shape index (κ2) is 6.78. The number of fused-ring (bicyclic) bond motifs is 1. The van der Waals surface area contributed by atoms with E-state index < -0.39 is 0 Å². The molecule has 0 radical (unpaired) electrons. The lowest BCUT2D eigenvalue weighted by Crippen LogP contribution is -2.52. The monoisotopic (exact) mass is 354 g/mol. The number of carbonyl (C=O) groups excluding carboxylic acids is 2. The first-order valence-electron chi connectivity index (χ1n) is 9.56. The van der Waals surface area contributed by atoms with Crippen LogP contribution in [0.4, 0.5) is 0 Å². The number of hydrogen-bond acceptors (Lipinski definition) is 4. The van der Waals surface area contributed by atoms with Crippen molar-refractivity contribution in [3.05, 3.63) is 41.1 Å². The van der Waals surface area contributed by atoms with E-state index in [-0.39, 0.29) is 29.8 Å². The third-order valence-corrected chi connectivity index (χ3v) is 6.02. The summed E-state index contributed by atoms with van der Waals surface area (Å²) in [6, 6.07) is 7.73. The van der Waals surface area contributed by atoms with Crippen molar-refractivity contribution < 1.29 is 14.3 Å². The number of ether oxygens (including phenoxy) is 1. The van der Waals surface area contributed by atoms with Crippen molar-refractivity contribution in [1.29, 1.82) is 0 Å². The summed E-state index contributed by atoms with van der Waals surface area (Å²) in [4.78, 5) is 27.6. The number of amides is 1. The van der Waals surface area contributed by atoms with Gasteiger partial charge >= 0.3 is 0 Å². The van der Waals surface area contributed by atoms with Crippen LogP contribution in [0.3, 0.4) is 0 Å². The van der Waals surface area contributed by atoms with Crippen molar-refractivity contribution in [3.63, 3.8) is 0 Å². The van der Waals surface area contributed by atoms with Gasteiger partial charge in [-0.05, 0) is 25.3 Å². The van der Waals surface area contributed by atoms with Crippen LogP contribution in [0.5, 0.6) is 5.75 Å². The summed E-state index contributed by atoms with van der Waals surface area (Å²) in [5, 5.41) is 3.66. The van der Waals surface area contributed by atoms with Crippen LogP contribution in [0.25, 0.3) is 0 Å². The van der Waals surface area contributed by atoms with Gasteiger partial charge in [0.1, 0.15) is 5.75 Å². The molecule has 3 aliphatic rings. The van der Waals surface area contributed by atoms with Crippen molar-refractivity contribution in [3.8, 4) is 5.75 Å². The fourth-order valence-corrected chi connectivity index (χ4v) is 4.92. The number of allylic oxidation sites excluding steroid dienone is 1. The number of benzene rings is 1. The van der Waals surface area contributed by atoms with E-state index in [2.05, 4.69) is 5.32 Å². The number of nitrogens with zero attached hydrogens (tertiary/aromatic N) is 1. The summed E-state index contributed by atoms with van der Waals surface area (Å²) >= 11 is 0. The van der Waals surface area contributed by atoms with E-state index in [0.717, 1.165) is 54.7 Å². The summed E-state index contributed by atoms with van der Waals surface area (Å²) in [6.07, 6.45) is 5.55. The molecule has 1 saturated carbocycles. The highest BCUT2D eigenvalue weighted by atomic mass is 16.5. The zero-order chi connectivity index (χ0) is 18.3. The summed E-state index contributed by atoms with van der Waals surface area (Å²) in [5.41, 5.74) is 2.70. The number of nitrogens with one attached hydrogen (secondary N) is 1. The van der Waals surface area contributed by atoms with E-state index in [0.29, 0.717) is 6.42 Å². The molecule has 1 aromatic rings. The summed E-state index contributed by atoms with van der Waals surface area (Å²) in [5.74, 6) is 0.894. The van der Waals surface area contributed by atoms with E-state index >= 15 is 0 Å². The van der Waals surface area contributed by atoms with E-state index in [4.69, 9.17) is 4.74 Å². The zero-order valence-corrected chi connectivity index (χ0v) is 15.5. The Bertz CT molecular complexity index is 770. The number of hydrogen-bond donors (Lipinski definition) is 1.